The fourth-order valence-corrected chi connectivity index (χ4v) is 4.12. The van der Waals surface area contributed by atoms with Crippen molar-refractivity contribution in [3.63, 3.8) is 0 Å². The van der Waals surface area contributed by atoms with Gasteiger partial charge in [-0.1, -0.05) is 30.3 Å². The number of nitrogens with zero attached hydrogens (tertiary/aromatic N) is 1. The number of aliphatic carboxylic acids is 1. The first kappa shape index (κ1) is 22.7. The van der Waals surface area contributed by atoms with Crippen molar-refractivity contribution in [1.82, 2.24) is 20.9 Å². The number of benzene rings is 1. The van der Waals surface area contributed by atoms with Gasteiger partial charge < -0.3 is 26.0 Å². The van der Waals surface area contributed by atoms with Crippen molar-refractivity contribution in [2.24, 2.45) is 0 Å². The van der Waals surface area contributed by atoms with Gasteiger partial charge in [-0.05, 0) is 44.7 Å². The standard InChI is InChI=1S/C22H30N4O5/c1-14(19(27)25-17(22(30)31)13-15-7-3-2-4-8-15)24-20(28)18-10-6-12-26(18)21(29)16-9-5-11-23-16/h2-4,7-8,14,16-18,23H,5-6,9-13H2,1H3,(H,24,28)(H,25,27)(H,30,31). The van der Waals surface area contributed by atoms with Crippen LogP contribution in [-0.4, -0.2) is 71.0 Å². The molecule has 2 heterocycles. The monoisotopic (exact) mass is 430 g/mol. The van der Waals surface area contributed by atoms with Crippen LogP contribution in [0.5, 0.6) is 0 Å². The normalized spacial score (nSPS) is 22.5. The molecule has 9 heteroatoms. The molecule has 4 N–H and O–H groups in total. The van der Waals surface area contributed by atoms with Gasteiger partial charge in [-0.25, -0.2) is 4.79 Å². The molecule has 168 valence electrons. The summed E-state index contributed by atoms with van der Waals surface area (Å²) < 4.78 is 0. The van der Waals surface area contributed by atoms with E-state index >= 15 is 0 Å². The van der Waals surface area contributed by atoms with Crippen molar-refractivity contribution in [2.75, 3.05) is 13.1 Å². The summed E-state index contributed by atoms with van der Waals surface area (Å²) in [6.45, 7) is 2.83. The Labute approximate surface area is 181 Å². The molecule has 0 radical (unpaired) electrons. The second-order valence-corrected chi connectivity index (χ2v) is 8.16. The van der Waals surface area contributed by atoms with Crippen LogP contribution in [0.4, 0.5) is 0 Å². The topological polar surface area (TPSA) is 128 Å². The van der Waals surface area contributed by atoms with Crippen LogP contribution in [0.1, 0.15) is 38.2 Å². The van der Waals surface area contributed by atoms with E-state index in [1.165, 1.54) is 6.92 Å². The van der Waals surface area contributed by atoms with Gasteiger partial charge in [0.15, 0.2) is 0 Å². The van der Waals surface area contributed by atoms with Crippen molar-refractivity contribution >= 4 is 23.7 Å². The predicted molar refractivity (Wildman–Crippen MR) is 113 cm³/mol. The van der Waals surface area contributed by atoms with Crippen LogP contribution < -0.4 is 16.0 Å². The van der Waals surface area contributed by atoms with Crippen molar-refractivity contribution in [3.8, 4) is 0 Å². The van der Waals surface area contributed by atoms with Gasteiger partial charge in [0.25, 0.3) is 0 Å². The van der Waals surface area contributed by atoms with E-state index in [2.05, 4.69) is 16.0 Å². The molecule has 2 fully saturated rings. The Kier molecular flexibility index (Phi) is 7.62. The summed E-state index contributed by atoms with van der Waals surface area (Å²) in [7, 11) is 0. The molecule has 2 aliphatic rings. The van der Waals surface area contributed by atoms with Crippen LogP contribution in [0, 0.1) is 0 Å². The minimum Gasteiger partial charge on any atom is -0.480 e. The van der Waals surface area contributed by atoms with E-state index < -0.39 is 30.0 Å². The number of amides is 3. The third kappa shape index (κ3) is 5.81. The summed E-state index contributed by atoms with van der Waals surface area (Å²) in [5.74, 6) is -2.18. The molecule has 1 aromatic rings. The van der Waals surface area contributed by atoms with E-state index in [1.54, 1.807) is 29.2 Å². The largest absolute Gasteiger partial charge is 0.480 e. The molecular weight excluding hydrogens is 400 g/mol. The summed E-state index contributed by atoms with van der Waals surface area (Å²) >= 11 is 0. The average Bonchev–Trinajstić information content (AvgIpc) is 3.45. The molecule has 2 saturated heterocycles. The number of hydrogen-bond acceptors (Lipinski definition) is 5. The van der Waals surface area contributed by atoms with Crippen LogP contribution in [0.15, 0.2) is 30.3 Å². The van der Waals surface area contributed by atoms with Crippen LogP contribution in [0.2, 0.25) is 0 Å². The lowest BCUT2D eigenvalue weighted by Gasteiger charge is -2.28. The Morgan fingerprint density at radius 3 is 2.52 bits per heavy atom. The lowest BCUT2D eigenvalue weighted by Crippen LogP contribution is -2.56. The minimum atomic E-state index is -1.15. The minimum absolute atomic E-state index is 0.0685. The molecule has 2 aliphatic heterocycles. The quantitative estimate of drug-likeness (QED) is 0.461. The number of carbonyl (C=O) groups excluding carboxylic acids is 3. The van der Waals surface area contributed by atoms with Crippen LogP contribution in [0.25, 0.3) is 0 Å². The number of rotatable bonds is 8. The Morgan fingerprint density at radius 1 is 1.13 bits per heavy atom. The number of carboxylic acid groups (broad SMARTS) is 1. The van der Waals surface area contributed by atoms with E-state index in [-0.39, 0.29) is 24.3 Å². The SMILES string of the molecule is CC(NC(=O)C1CCCN1C(=O)C1CCCN1)C(=O)NC(Cc1ccccc1)C(=O)O. The highest BCUT2D eigenvalue weighted by Gasteiger charge is 2.38. The van der Waals surface area contributed by atoms with Crippen LogP contribution in [-0.2, 0) is 25.6 Å². The van der Waals surface area contributed by atoms with Gasteiger partial charge in [-0.3, -0.25) is 14.4 Å². The molecule has 0 spiro atoms. The highest BCUT2D eigenvalue weighted by molar-refractivity contribution is 5.94. The fraction of sp³-hybridized carbons (Fsp3) is 0.545. The van der Waals surface area contributed by atoms with Crippen molar-refractivity contribution in [3.05, 3.63) is 35.9 Å². The van der Waals surface area contributed by atoms with Crippen LogP contribution >= 0.6 is 0 Å². The molecule has 4 atom stereocenters. The predicted octanol–water partition coefficient (Wildman–Crippen LogP) is 0.0462. The summed E-state index contributed by atoms with van der Waals surface area (Å²) in [5.41, 5.74) is 0.785. The zero-order valence-electron chi connectivity index (χ0n) is 17.7. The average molecular weight is 431 g/mol. The van der Waals surface area contributed by atoms with E-state index in [9.17, 15) is 24.3 Å². The second kappa shape index (κ2) is 10.4. The molecule has 4 unspecified atom stereocenters. The summed E-state index contributed by atoms with van der Waals surface area (Å²) in [6.07, 6.45) is 3.12. The van der Waals surface area contributed by atoms with E-state index in [0.717, 1.165) is 31.4 Å². The van der Waals surface area contributed by atoms with Gasteiger partial charge in [-0.15, -0.1) is 0 Å². The molecule has 3 rings (SSSR count). The van der Waals surface area contributed by atoms with Gasteiger partial charge in [0.05, 0.1) is 6.04 Å². The first-order valence-electron chi connectivity index (χ1n) is 10.8. The lowest BCUT2D eigenvalue weighted by molar-refractivity contribution is -0.143. The maximum absolute atomic E-state index is 12.8. The Balaban J connectivity index is 1.55. The summed E-state index contributed by atoms with van der Waals surface area (Å²) in [5, 5.41) is 17.8. The van der Waals surface area contributed by atoms with Crippen molar-refractivity contribution < 1.29 is 24.3 Å². The summed E-state index contributed by atoms with van der Waals surface area (Å²) in [4.78, 5) is 51.2. The Hall–Kier alpha value is -2.94. The Morgan fingerprint density at radius 2 is 1.87 bits per heavy atom. The third-order valence-corrected chi connectivity index (χ3v) is 5.85. The summed E-state index contributed by atoms with van der Waals surface area (Å²) in [6, 6.07) is 6.13. The lowest BCUT2D eigenvalue weighted by atomic mass is 10.1. The van der Waals surface area contributed by atoms with Crippen molar-refractivity contribution in [1.29, 1.82) is 0 Å². The number of likely N-dealkylation sites (tertiary alicyclic amines) is 1. The fourth-order valence-electron chi connectivity index (χ4n) is 4.12. The molecule has 0 aromatic heterocycles. The number of nitrogens with one attached hydrogen (secondary N) is 3. The molecule has 1 aromatic carbocycles. The number of carboxylic acids is 1. The van der Waals surface area contributed by atoms with Gasteiger partial charge in [-0.2, -0.15) is 0 Å². The van der Waals surface area contributed by atoms with E-state index in [4.69, 9.17) is 0 Å². The van der Waals surface area contributed by atoms with Crippen LogP contribution in [0.3, 0.4) is 0 Å². The van der Waals surface area contributed by atoms with Gasteiger partial charge in [0.1, 0.15) is 18.1 Å². The van der Waals surface area contributed by atoms with Gasteiger partial charge in [0, 0.05) is 13.0 Å². The second-order valence-electron chi connectivity index (χ2n) is 8.16. The smallest absolute Gasteiger partial charge is 0.326 e. The molecule has 0 saturated carbocycles. The maximum atomic E-state index is 12.8. The number of hydrogen-bond donors (Lipinski definition) is 4. The van der Waals surface area contributed by atoms with Crippen molar-refractivity contribution in [2.45, 2.75) is 63.2 Å². The Bertz CT molecular complexity index is 809. The van der Waals surface area contributed by atoms with E-state index in [1.807, 2.05) is 6.07 Å². The third-order valence-electron chi connectivity index (χ3n) is 5.85. The molecule has 0 bridgehead atoms. The molecule has 31 heavy (non-hydrogen) atoms. The molecule has 0 aliphatic carbocycles. The first-order valence-corrected chi connectivity index (χ1v) is 10.8. The molecular formula is C22H30N4O5. The van der Waals surface area contributed by atoms with Gasteiger partial charge in [0.2, 0.25) is 17.7 Å². The molecule has 9 nitrogen and oxygen atoms in total. The zero-order valence-corrected chi connectivity index (χ0v) is 17.7. The zero-order chi connectivity index (χ0) is 22.4. The first-order chi connectivity index (χ1) is 14.9. The van der Waals surface area contributed by atoms with Gasteiger partial charge >= 0.3 is 5.97 Å². The maximum Gasteiger partial charge on any atom is 0.326 e. The highest BCUT2D eigenvalue weighted by atomic mass is 16.4. The van der Waals surface area contributed by atoms with E-state index in [0.29, 0.717) is 13.0 Å². The highest BCUT2D eigenvalue weighted by Crippen LogP contribution is 2.21. The number of carbonyl (C=O) groups is 4. The molecule has 3 amide bonds.